The molecule has 0 unspecified atom stereocenters. The second-order valence-electron chi connectivity index (χ2n) is 11.7. The van der Waals surface area contributed by atoms with Gasteiger partial charge in [-0.1, -0.05) is 12.1 Å². The van der Waals surface area contributed by atoms with Gasteiger partial charge in [-0.05, 0) is 92.5 Å². The van der Waals surface area contributed by atoms with Crippen molar-refractivity contribution < 1.29 is 33.0 Å². The lowest BCUT2D eigenvalue weighted by Crippen LogP contribution is -2.38. The molecule has 2 atom stereocenters. The molecule has 2 aromatic carbocycles. The van der Waals surface area contributed by atoms with Crippen LogP contribution < -0.4 is 9.64 Å². The molecule has 0 spiro atoms. The van der Waals surface area contributed by atoms with Crippen molar-refractivity contribution in [2.45, 2.75) is 63.6 Å². The van der Waals surface area contributed by atoms with Crippen molar-refractivity contribution in [3.05, 3.63) is 77.0 Å². The number of aromatic nitrogens is 1. The lowest BCUT2D eigenvalue weighted by atomic mass is 9.78. The number of nitrogens with zero attached hydrogens (tertiary/aromatic N) is 3. The number of carboxylic acid groups (broad SMARTS) is 1. The van der Waals surface area contributed by atoms with Crippen molar-refractivity contribution in [1.29, 1.82) is 0 Å². The molecule has 1 saturated carbocycles. The third kappa shape index (κ3) is 5.62. The van der Waals surface area contributed by atoms with Gasteiger partial charge >= 0.3 is 12.1 Å². The van der Waals surface area contributed by atoms with Crippen molar-refractivity contribution in [3.8, 4) is 16.9 Å². The zero-order valence-electron chi connectivity index (χ0n) is 24.3. The maximum Gasteiger partial charge on any atom is 0.411 e. The van der Waals surface area contributed by atoms with Gasteiger partial charge in [-0.2, -0.15) is 0 Å². The minimum atomic E-state index is -0.992. The van der Waals surface area contributed by atoms with Gasteiger partial charge in [0.25, 0.3) is 0 Å². The van der Waals surface area contributed by atoms with Crippen molar-refractivity contribution in [3.63, 3.8) is 0 Å². The molecule has 8 nitrogen and oxygen atoms in total. The second kappa shape index (κ2) is 11.8. The predicted octanol–water partition coefficient (Wildman–Crippen LogP) is 6.69. The number of carboxylic acids is 1. The van der Waals surface area contributed by atoms with E-state index in [0.29, 0.717) is 29.8 Å². The van der Waals surface area contributed by atoms with E-state index in [1.807, 2.05) is 31.2 Å². The van der Waals surface area contributed by atoms with Crippen LogP contribution in [0.1, 0.15) is 67.9 Å². The fourth-order valence-electron chi connectivity index (χ4n) is 6.45. The number of halogens is 2. The van der Waals surface area contributed by atoms with Gasteiger partial charge in [-0.3, -0.25) is 9.69 Å². The monoisotopic (exact) mass is 591 g/mol. The van der Waals surface area contributed by atoms with Crippen LogP contribution in [0, 0.1) is 17.6 Å². The number of methoxy groups -OCH3 is 1. The molecule has 226 valence electrons. The van der Waals surface area contributed by atoms with E-state index in [0.717, 1.165) is 67.0 Å². The quantitative estimate of drug-likeness (QED) is 0.312. The molecule has 2 aliphatic heterocycles. The highest BCUT2D eigenvalue weighted by Gasteiger charge is 2.40. The molecule has 43 heavy (non-hydrogen) atoms. The SMILES string of the molecule is COc1ccc([C@H]2CC[C@H](C(=O)O)CC2)cc1-c1ccc(N2CCC2)nc1CN1C(=O)O[C@H](c2ccc(F)c(F)c2)[C@@H]1C. The Balaban J connectivity index is 1.34. The average Bonchev–Trinajstić information content (AvgIpc) is 3.26. The lowest BCUT2D eigenvalue weighted by molar-refractivity contribution is -0.142. The zero-order valence-corrected chi connectivity index (χ0v) is 24.3. The Morgan fingerprint density at radius 2 is 1.74 bits per heavy atom. The van der Waals surface area contributed by atoms with E-state index in [9.17, 15) is 23.5 Å². The van der Waals surface area contributed by atoms with Gasteiger partial charge in [0.15, 0.2) is 11.6 Å². The summed E-state index contributed by atoms with van der Waals surface area (Å²) in [4.78, 5) is 33.4. The van der Waals surface area contributed by atoms with Crippen LogP contribution in [0.25, 0.3) is 11.1 Å². The van der Waals surface area contributed by atoms with E-state index in [-0.39, 0.29) is 18.4 Å². The molecule has 10 heteroatoms. The standard InChI is InChI=1S/C33H35F2N3O5/c1-19-31(23-8-11-26(34)27(35)17-23)43-33(41)38(19)18-28-24(10-13-30(36-28)37-14-3-15-37)25-16-22(9-12-29(25)42-2)20-4-6-21(7-5-20)32(39)40/h8-13,16-17,19-21,31H,3-7,14-15,18H2,1-2H3,(H,39,40)/t19-,20-,21-,31-/m0/s1. The van der Waals surface area contributed by atoms with Crippen molar-refractivity contribution in [2.75, 3.05) is 25.1 Å². The highest BCUT2D eigenvalue weighted by atomic mass is 19.2. The number of carbonyl (C=O) groups excluding carboxylic acids is 1. The van der Waals surface area contributed by atoms with Crippen LogP contribution in [0.4, 0.5) is 19.4 Å². The summed E-state index contributed by atoms with van der Waals surface area (Å²) in [5.41, 5.74) is 3.83. The summed E-state index contributed by atoms with van der Waals surface area (Å²) < 4.78 is 39.0. The van der Waals surface area contributed by atoms with Crippen LogP contribution in [0.2, 0.25) is 0 Å². The topological polar surface area (TPSA) is 92.2 Å². The molecule has 2 saturated heterocycles. The number of pyridine rings is 1. The highest BCUT2D eigenvalue weighted by Crippen LogP contribution is 2.42. The molecule has 1 amide bonds. The number of amides is 1. The molecule has 3 fully saturated rings. The van der Waals surface area contributed by atoms with Crippen molar-refractivity contribution in [1.82, 2.24) is 9.88 Å². The number of aliphatic carboxylic acids is 1. The van der Waals surface area contributed by atoms with E-state index < -0.39 is 35.8 Å². The number of hydrogen-bond donors (Lipinski definition) is 1. The van der Waals surface area contributed by atoms with Crippen LogP contribution in [-0.4, -0.2) is 53.3 Å². The minimum absolute atomic E-state index is 0.147. The minimum Gasteiger partial charge on any atom is -0.496 e. The smallest absolute Gasteiger partial charge is 0.411 e. The number of cyclic esters (lactones) is 1. The van der Waals surface area contributed by atoms with E-state index in [4.69, 9.17) is 14.5 Å². The van der Waals surface area contributed by atoms with Gasteiger partial charge in [0, 0.05) is 24.2 Å². The second-order valence-corrected chi connectivity index (χ2v) is 11.7. The Morgan fingerprint density at radius 3 is 2.40 bits per heavy atom. The van der Waals surface area contributed by atoms with Gasteiger partial charge < -0.3 is 19.5 Å². The summed E-state index contributed by atoms with van der Waals surface area (Å²) in [5.74, 6) is -1.25. The molecule has 3 aromatic rings. The predicted molar refractivity (Wildman–Crippen MR) is 156 cm³/mol. The number of ether oxygens (including phenoxy) is 2. The number of anilines is 1. The fourth-order valence-corrected chi connectivity index (χ4v) is 6.45. The van der Waals surface area contributed by atoms with Crippen LogP contribution in [0.3, 0.4) is 0 Å². The van der Waals surface area contributed by atoms with Gasteiger partial charge in [0.05, 0.1) is 31.3 Å². The summed E-state index contributed by atoms with van der Waals surface area (Å²) in [6, 6.07) is 13.2. The first kappa shape index (κ1) is 28.9. The average molecular weight is 592 g/mol. The highest BCUT2D eigenvalue weighted by molar-refractivity contribution is 5.76. The third-order valence-corrected chi connectivity index (χ3v) is 9.19. The molecule has 0 bridgehead atoms. The molecule has 0 radical (unpaired) electrons. The van der Waals surface area contributed by atoms with Crippen LogP contribution in [0.15, 0.2) is 48.5 Å². The van der Waals surface area contributed by atoms with Gasteiger partial charge in [-0.25, -0.2) is 18.6 Å². The van der Waals surface area contributed by atoms with Crippen molar-refractivity contribution in [2.24, 2.45) is 5.92 Å². The molecule has 1 aromatic heterocycles. The summed E-state index contributed by atoms with van der Waals surface area (Å²) in [6.07, 6.45) is 2.65. The maximum absolute atomic E-state index is 14.0. The molecular formula is C33H35F2N3O5. The Kier molecular flexibility index (Phi) is 7.94. The van der Waals surface area contributed by atoms with Gasteiger partial charge in [0.1, 0.15) is 17.7 Å². The largest absolute Gasteiger partial charge is 0.496 e. The molecule has 3 aliphatic rings. The Morgan fingerprint density at radius 1 is 1.00 bits per heavy atom. The number of benzene rings is 2. The van der Waals surface area contributed by atoms with Crippen LogP contribution in [-0.2, 0) is 16.1 Å². The van der Waals surface area contributed by atoms with Crippen LogP contribution >= 0.6 is 0 Å². The summed E-state index contributed by atoms with van der Waals surface area (Å²) in [6.45, 7) is 3.78. The van der Waals surface area contributed by atoms with Gasteiger partial charge in [0.2, 0.25) is 0 Å². The maximum atomic E-state index is 14.0. The fraction of sp³-hybridized carbons (Fsp3) is 0.424. The summed E-state index contributed by atoms with van der Waals surface area (Å²) >= 11 is 0. The first-order valence-electron chi connectivity index (χ1n) is 14.8. The normalized spacial score (nSPS) is 23.6. The van der Waals surface area contributed by atoms with E-state index >= 15 is 0 Å². The zero-order chi connectivity index (χ0) is 30.2. The molecule has 6 rings (SSSR count). The van der Waals surface area contributed by atoms with Crippen LogP contribution in [0.5, 0.6) is 5.75 Å². The number of hydrogen-bond acceptors (Lipinski definition) is 6. The number of rotatable bonds is 8. The third-order valence-electron chi connectivity index (χ3n) is 9.19. The Bertz CT molecular complexity index is 1540. The van der Waals surface area contributed by atoms with Gasteiger partial charge in [-0.15, -0.1) is 0 Å². The Labute approximate surface area is 249 Å². The lowest BCUT2D eigenvalue weighted by Gasteiger charge is -2.33. The molecular weight excluding hydrogens is 556 g/mol. The van der Waals surface area contributed by atoms with Crippen molar-refractivity contribution >= 4 is 17.9 Å². The van der Waals surface area contributed by atoms with E-state index in [1.54, 1.807) is 12.0 Å². The summed E-state index contributed by atoms with van der Waals surface area (Å²) in [7, 11) is 1.62. The van der Waals surface area contributed by atoms with E-state index in [2.05, 4.69) is 11.0 Å². The molecule has 1 N–H and O–H groups in total. The molecule has 1 aliphatic carbocycles. The first-order valence-corrected chi connectivity index (χ1v) is 14.8. The first-order chi connectivity index (χ1) is 20.7. The van der Waals surface area contributed by atoms with E-state index in [1.165, 1.54) is 6.07 Å². The molecule has 3 heterocycles. The summed E-state index contributed by atoms with van der Waals surface area (Å²) in [5, 5.41) is 9.43. The number of carbonyl (C=O) groups is 2. The Hall–Kier alpha value is -4.21.